The standard InChI is InChI=1S/C16H23N3S2/c1-12(2)8-17-9-13-11-21-16(18-13)19(14-5-6-14)10-15-4-3-7-20-15/h3-4,7,11-12,14,17H,5-6,8-10H2,1-2H3. The molecule has 0 unspecified atom stereocenters. The van der Waals surface area contributed by atoms with Crippen molar-refractivity contribution in [2.75, 3.05) is 11.4 Å². The van der Waals surface area contributed by atoms with Gasteiger partial charge in [0.1, 0.15) is 0 Å². The molecule has 3 rings (SSSR count). The molecule has 2 aromatic heterocycles. The van der Waals surface area contributed by atoms with E-state index in [1.54, 1.807) is 11.3 Å². The Kier molecular flexibility index (Phi) is 4.93. The molecular weight excluding hydrogens is 298 g/mol. The van der Waals surface area contributed by atoms with Crippen molar-refractivity contribution >= 4 is 27.8 Å². The van der Waals surface area contributed by atoms with Crippen LogP contribution in [0.1, 0.15) is 37.3 Å². The molecule has 2 aromatic rings. The van der Waals surface area contributed by atoms with E-state index in [1.807, 2.05) is 11.3 Å². The van der Waals surface area contributed by atoms with Crippen LogP contribution in [-0.4, -0.2) is 17.6 Å². The minimum atomic E-state index is 0.685. The summed E-state index contributed by atoms with van der Waals surface area (Å²) in [4.78, 5) is 8.75. The molecule has 3 nitrogen and oxygen atoms in total. The summed E-state index contributed by atoms with van der Waals surface area (Å²) in [6, 6.07) is 5.06. The van der Waals surface area contributed by atoms with Crippen LogP contribution in [0.3, 0.4) is 0 Å². The molecule has 114 valence electrons. The predicted octanol–water partition coefficient (Wildman–Crippen LogP) is 4.12. The van der Waals surface area contributed by atoms with E-state index in [-0.39, 0.29) is 0 Å². The van der Waals surface area contributed by atoms with Gasteiger partial charge in [0.05, 0.1) is 12.2 Å². The first kappa shape index (κ1) is 15.0. The zero-order valence-corrected chi connectivity index (χ0v) is 14.3. The Bertz CT molecular complexity index is 544. The van der Waals surface area contributed by atoms with Gasteiger partial charge >= 0.3 is 0 Å². The SMILES string of the molecule is CC(C)CNCc1csc(N(Cc2cccs2)C2CC2)n1. The van der Waals surface area contributed by atoms with Crippen LogP contribution >= 0.6 is 22.7 Å². The number of thiophene rings is 1. The van der Waals surface area contributed by atoms with Gasteiger partial charge in [-0.25, -0.2) is 4.98 Å². The number of nitrogens with one attached hydrogen (secondary N) is 1. The van der Waals surface area contributed by atoms with Crippen LogP contribution in [0.2, 0.25) is 0 Å². The third kappa shape index (κ3) is 4.28. The molecule has 1 fully saturated rings. The molecule has 21 heavy (non-hydrogen) atoms. The van der Waals surface area contributed by atoms with Crippen molar-refractivity contribution in [1.29, 1.82) is 0 Å². The molecule has 0 radical (unpaired) electrons. The van der Waals surface area contributed by atoms with Gasteiger partial charge in [0, 0.05) is 22.8 Å². The van der Waals surface area contributed by atoms with Gasteiger partial charge in [0.15, 0.2) is 5.13 Å². The van der Waals surface area contributed by atoms with Gasteiger partial charge in [-0.05, 0) is 36.8 Å². The van der Waals surface area contributed by atoms with E-state index in [9.17, 15) is 0 Å². The largest absolute Gasteiger partial charge is 0.340 e. The Balaban J connectivity index is 1.62. The van der Waals surface area contributed by atoms with Gasteiger partial charge in [-0.2, -0.15) is 0 Å². The van der Waals surface area contributed by atoms with Crippen molar-refractivity contribution in [3.63, 3.8) is 0 Å². The lowest BCUT2D eigenvalue weighted by Crippen LogP contribution is -2.24. The summed E-state index contributed by atoms with van der Waals surface area (Å²) in [5.74, 6) is 0.685. The Morgan fingerprint density at radius 1 is 1.38 bits per heavy atom. The quantitative estimate of drug-likeness (QED) is 0.793. The zero-order valence-electron chi connectivity index (χ0n) is 12.7. The van der Waals surface area contributed by atoms with Crippen LogP contribution in [-0.2, 0) is 13.1 Å². The molecule has 1 saturated carbocycles. The molecule has 0 atom stereocenters. The van der Waals surface area contributed by atoms with E-state index < -0.39 is 0 Å². The first-order valence-corrected chi connectivity index (χ1v) is 9.42. The molecule has 0 bridgehead atoms. The molecule has 0 aromatic carbocycles. The zero-order chi connectivity index (χ0) is 14.7. The molecule has 2 heterocycles. The van der Waals surface area contributed by atoms with E-state index in [2.05, 4.69) is 47.0 Å². The smallest absolute Gasteiger partial charge is 0.186 e. The average molecular weight is 322 g/mol. The molecule has 0 amide bonds. The van der Waals surface area contributed by atoms with Gasteiger partial charge in [0.2, 0.25) is 0 Å². The second kappa shape index (κ2) is 6.90. The summed E-state index contributed by atoms with van der Waals surface area (Å²) in [6.07, 6.45) is 2.62. The molecule has 0 aliphatic heterocycles. The van der Waals surface area contributed by atoms with E-state index in [1.165, 1.54) is 28.5 Å². The number of nitrogens with zero attached hydrogens (tertiary/aromatic N) is 2. The van der Waals surface area contributed by atoms with E-state index in [0.717, 1.165) is 19.6 Å². The fourth-order valence-corrected chi connectivity index (χ4v) is 3.91. The minimum Gasteiger partial charge on any atom is -0.340 e. The van der Waals surface area contributed by atoms with Crippen LogP contribution in [0, 0.1) is 5.92 Å². The highest BCUT2D eigenvalue weighted by Crippen LogP contribution is 2.35. The van der Waals surface area contributed by atoms with Gasteiger partial charge in [-0.15, -0.1) is 22.7 Å². The first-order chi connectivity index (χ1) is 10.2. The highest BCUT2D eigenvalue weighted by Gasteiger charge is 2.31. The van der Waals surface area contributed by atoms with Gasteiger partial charge in [0.25, 0.3) is 0 Å². The number of hydrogen-bond donors (Lipinski definition) is 1. The number of thiazole rings is 1. The van der Waals surface area contributed by atoms with Crippen molar-refractivity contribution in [3.05, 3.63) is 33.5 Å². The Morgan fingerprint density at radius 3 is 2.90 bits per heavy atom. The Morgan fingerprint density at radius 2 is 2.24 bits per heavy atom. The number of aromatic nitrogens is 1. The predicted molar refractivity (Wildman–Crippen MR) is 92.2 cm³/mol. The molecule has 1 aliphatic rings. The number of anilines is 1. The van der Waals surface area contributed by atoms with Crippen molar-refractivity contribution in [1.82, 2.24) is 10.3 Å². The van der Waals surface area contributed by atoms with E-state index >= 15 is 0 Å². The van der Waals surface area contributed by atoms with Crippen LogP contribution in [0.15, 0.2) is 22.9 Å². The Hall–Kier alpha value is -0.910. The van der Waals surface area contributed by atoms with Crippen molar-refractivity contribution in [2.24, 2.45) is 5.92 Å². The summed E-state index contributed by atoms with van der Waals surface area (Å²) < 4.78 is 0. The van der Waals surface area contributed by atoms with Crippen molar-refractivity contribution in [2.45, 2.75) is 45.8 Å². The van der Waals surface area contributed by atoms with Gasteiger partial charge < -0.3 is 10.2 Å². The monoisotopic (exact) mass is 321 g/mol. The lowest BCUT2D eigenvalue weighted by molar-refractivity contribution is 0.549. The summed E-state index contributed by atoms with van der Waals surface area (Å²) >= 11 is 3.62. The minimum absolute atomic E-state index is 0.685. The lowest BCUT2D eigenvalue weighted by atomic mass is 10.2. The van der Waals surface area contributed by atoms with Crippen LogP contribution in [0.25, 0.3) is 0 Å². The third-order valence-corrected chi connectivity index (χ3v) is 5.33. The number of rotatable bonds is 8. The van der Waals surface area contributed by atoms with Crippen LogP contribution in [0.5, 0.6) is 0 Å². The molecule has 0 spiro atoms. The Labute approximate surface area is 135 Å². The van der Waals surface area contributed by atoms with Gasteiger partial charge in [-0.3, -0.25) is 0 Å². The van der Waals surface area contributed by atoms with E-state index in [4.69, 9.17) is 4.98 Å². The van der Waals surface area contributed by atoms with Crippen LogP contribution < -0.4 is 10.2 Å². The van der Waals surface area contributed by atoms with E-state index in [0.29, 0.717) is 12.0 Å². The normalized spacial score (nSPS) is 14.8. The number of hydrogen-bond acceptors (Lipinski definition) is 5. The highest BCUT2D eigenvalue weighted by atomic mass is 32.1. The average Bonchev–Trinajstić information content (AvgIpc) is 2.97. The van der Waals surface area contributed by atoms with Crippen molar-refractivity contribution < 1.29 is 0 Å². The first-order valence-electron chi connectivity index (χ1n) is 7.66. The maximum absolute atomic E-state index is 4.84. The summed E-state index contributed by atoms with van der Waals surface area (Å²) in [6.45, 7) is 7.40. The second-order valence-electron chi connectivity index (χ2n) is 6.08. The summed E-state index contributed by atoms with van der Waals surface area (Å²) in [5, 5.41) is 9.02. The molecule has 1 aliphatic carbocycles. The lowest BCUT2D eigenvalue weighted by Gasteiger charge is -2.20. The highest BCUT2D eigenvalue weighted by molar-refractivity contribution is 7.13. The summed E-state index contributed by atoms with van der Waals surface area (Å²) in [7, 11) is 0. The van der Waals surface area contributed by atoms with Crippen LogP contribution in [0.4, 0.5) is 5.13 Å². The van der Waals surface area contributed by atoms with Gasteiger partial charge in [-0.1, -0.05) is 19.9 Å². The molecular formula is C16H23N3S2. The molecule has 5 heteroatoms. The second-order valence-corrected chi connectivity index (χ2v) is 7.95. The van der Waals surface area contributed by atoms with Crippen molar-refractivity contribution in [3.8, 4) is 0 Å². The molecule has 0 saturated heterocycles. The third-order valence-electron chi connectivity index (χ3n) is 3.54. The summed E-state index contributed by atoms with van der Waals surface area (Å²) in [5.41, 5.74) is 1.17. The maximum atomic E-state index is 4.84. The fraction of sp³-hybridized carbons (Fsp3) is 0.562. The fourth-order valence-electron chi connectivity index (χ4n) is 2.31. The molecule has 1 N–H and O–H groups in total. The maximum Gasteiger partial charge on any atom is 0.186 e. The topological polar surface area (TPSA) is 28.2 Å².